The summed E-state index contributed by atoms with van der Waals surface area (Å²) in [5.41, 5.74) is 0.685. The zero-order valence-electron chi connectivity index (χ0n) is 11.4. The van der Waals surface area contributed by atoms with Crippen molar-refractivity contribution in [3.63, 3.8) is 0 Å². The molecule has 0 unspecified atom stereocenters. The number of carboxylic acid groups (broad SMARTS) is 1. The van der Waals surface area contributed by atoms with Crippen molar-refractivity contribution in [1.29, 1.82) is 0 Å². The zero-order valence-corrected chi connectivity index (χ0v) is 12.2. The van der Waals surface area contributed by atoms with Crippen molar-refractivity contribution in [3.8, 4) is 11.4 Å². The summed E-state index contributed by atoms with van der Waals surface area (Å²) >= 11 is 0.730. The van der Waals surface area contributed by atoms with Gasteiger partial charge in [-0.25, -0.2) is 9.78 Å². The molecule has 10 heteroatoms. The number of halogens is 3. The van der Waals surface area contributed by atoms with Crippen LogP contribution in [0.2, 0.25) is 0 Å². The maximum atomic E-state index is 12.0. The third-order valence-corrected chi connectivity index (χ3v) is 3.41. The lowest BCUT2D eigenvalue weighted by atomic mass is 10.1. The Hall–Kier alpha value is -2.49. The molecule has 1 heterocycles. The van der Waals surface area contributed by atoms with E-state index in [4.69, 9.17) is 5.11 Å². The maximum absolute atomic E-state index is 12.0. The van der Waals surface area contributed by atoms with Gasteiger partial charge < -0.3 is 10.4 Å². The van der Waals surface area contributed by atoms with E-state index in [1.807, 2.05) is 0 Å². The average molecular weight is 345 g/mol. The second-order valence-corrected chi connectivity index (χ2v) is 5.18. The quantitative estimate of drug-likeness (QED) is 0.869. The topological polar surface area (TPSA) is 92.2 Å². The van der Waals surface area contributed by atoms with E-state index >= 15 is 0 Å². The molecule has 6 nitrogen and oxygen atoms in total. The van der Waals surface area contributed by atoms with E-state index in [9.17, 15) is 22.8 Å². The van der Waals surface area contributed by atoms with Crippen LogP contribution >= 0.6 is 11.5 Å². The Morgan fingerprint density at radius 3 is 2.39 bits per heavy atom. The SMILES string of the molecule is O=C(NCCC(F)(F)F)c1ccc(-c2nsc(C(=O)O)n2)cc1. The lowest BCUT2D eigenvalue weighted by molar-refractivity contribution is -0.133. The second-order valence-electron chi connectivity index (χ2n) is 4.43. The van der Waals surface area contributed by atoms with Crippen LogP contribution in [0.3, 0.4) is 0 Å². The van der Waals surface area contributed by atoms with Crippen molar-refractivity contribution in [1.82, 2.24) is 14.7 Å². The molecule has 122 valence electrons. The first-order valence-electron chi connectivity index (χ1n) is 6.28. The van der Waals surface area contributed by atoms with E-state index in [-0.39, 0.29) is 16.4 Å². The number of alkyl halides is 3. The van der Waals surface area contributed by atoms with Gasteiger partial charge >= 0.3 is 12.1 Å². The smallest absolute Gasteiger partial charge is 0.390 e. The molecule has 0 saturated carbocycles. The van der Waals surface area contributed by atoms with E-state index < -0.39 is 31.0 Å². The highest BCUT2D eigenvalue weighted by Gasteiger charge is 2.26. The molecule has 0 aliphatic rings. The van der Waals surface area contributed by atoms with Crippen LogP contribution in [0.1, 0.15) is 26.6 Å². The monoisotopic (exact) mass is 345 g/mol. The predicted octanol–water partition coefficient (Wildman–Crippen LogP) is 2.59. The zero-order chi connectivity index (χ0) is 17.0. The van der Waals surface area contributed by atoms with E-state index in [2.05, 4.69) is 14.7 Å². The molecular weight excluding hydrogens is 335 g/mol. The van der Waals surface area contributed by atoms with Gasteiger partial charge in [0.15, 0.2) is 5.82 Å². The predicted molar refractivity (Wildman–Crippen MR) is 75.3 cm³/mol. The van der Waals surface area contributed by atoms with Gasteiger partial charge in [-0.05, 0) is 23.7 Å². The highest BCUT2D eigenvalue weighted by atomic mass is 32.1. The normalized spacial score (nSPS) is 11.3. The minimum Gasteiger partial charge on any atom is -0.476 e. The first kappa shape index (κ1) is 16.9. The summed E-state index contributed by atoms with van der Waals surface area (Å²) < 4.78 is 39.9. The van der Waals surface area contributed by atoms with Gasteiger partial charge in [0.05, 0.1) is 6.42 Å². The number of carboxylic acids is 1. The Morgan fingerprint density at radius 2 is 1.87 bits per heavy atom. The van der Waals surface area contributed by atoms with Gasteiger partial charge in [-0.3, -0.25) is 4.79 Å². The Labute approximate surface area is 132 Å². The summed E-state index contributed by atoms with van der Waals surface area (Å²) in [4.78, 5) is 26.2. The first-order chi connectivity index (χ1) is 10.8. The number of aromatic nitrogens is 2. The van der Waals surface area contributed by atoms with Crippen LogP contribution < -0.4 is 5.32 Å². The molecule has 1 amide bonds. The van der Waals surface area contributed by atoms with Crippen molar-refractivity contribution < 1.29 is 27.9 Å². The molecule has 0 fully saturated rings. The standard InChI is InChI=1S/C13H10F3N3O3S/c14-13(15,16)5-6-17-10(20)8-3-1-7(2-4-8)9-18-11(12(21)22)23-19-9/h1-4H,5-6H2,(H,17,20)(H,21,22). The fraction of sp³-hybridized carbons (Fsp3) is 0.231. The molecule has 0 atom stereocenters. The molecule has 23 heavy (non-hydrogen) atoms. The largest absolute Gasteiger partial charge is 0.476 e. The van der Waals surface area contributed by atoms with Crippen molar-refractivity contribution in [3.05, 3.63) is 34.8 Å². The van der Waals surface area contributed by atoms with Gasteiger partial charge in [-0.15, -0.1) is 0 Å². The van der Waals surface area contributed by atoms with Crippen molar-refractivity contribution in [2.24, 2.45) is 0 Å². The summed E-state index contributed by atoms with van der Waals surface area (Å²) in [5, 5.41) is 10.8. The fourth-order valence-corrected chi connectivity index (χ4v) is 2.14. The number of aromatic carboxylic acids is 1. The van der Waals surface area contributed by atoms with E-state index in [1.54, 1.807) is 0 Å². The third kappa shape index (κ3) is 4.74. The highest BCUT2D eigenvalue weighted by Crippen LogP contribution is 2.20. The molecule has 0 aliphatic carbocycles. The summed E-state index contributed by atoms with van der Waals surface area (Å²) in [5.74, 6) is -1.61. The molecular formula is C13H10F3N3O3S. The number of nitrogens with one attached hydrogen (secondary N) is 1. The summed E-state index contributed by atoms with van der Waals surface area (Å²) in [7, 11) is 0. The minimum atomic E-state index is -4.32. The average Bonchev–Trinajstić information content (AvgIpc) is 2.96. The van der Waals surface area contributed by atoms with E-state index in [0.717, 1.165) is 11.5 Å². The molecule has 1 aromatic carbocycles. The van der Waals surface area contributed by atoms with Crippen LogP contribution in [-0.2, 0) is 0 Å². The second kappa shape index (κ2) is 6.73. The van der Waals surface area contributed by atoms with Crippen LogP contribution in [0.4, 0.5) is 13.2 Å². The molecule has 0 saturated heterocycles. The number of amides is 1. The fourth-order valence-electron chi connectivity index (χ4n) is 1.62. The number of benzene rings is 1. The summed E-state index contributed by atoms with van der Waals surface area (Å²) in [6, 6.07) is 5.79. The van der Waals surface area contributed by atoms with Crippen LogP contribution in [0, 0.1) is 0 Å². The number of nitrogens with zero attached hydrogens (tertiary/aromatic N) is 2. The number of rotatable bonds is 5. The minimum absolute atomic E-state index is 0.158. The van der Waals surface area contributed by atoms with Gasteiger partial charge in [0.25, 0.3) is 5.91 Å². The maximum Gasteiger partial charge on any atom is 0.390 e. The Bertz CT molecular complexity index is 713. The Kier molecular flexibility index (Phi) is 4.94. The summed E-state index contributed by atoms with van der Waals surface area (Å²) in [6.07, 6.45) is -5.42. The van der Waals surface area contributed by atoms with E-state index in [1.165, 1.54) is 24.3 Å². The summed E-state index contributed by atoms with van der Waals surface area (Å²) in [6.45, 7) is -0.500. The molecule has 2 rings (SSSR count). The first-order valence-corrected chi connectivity index (χ1v) is 7.06. The molecule has 0 bridgehead atoms. The number of carbonyl (C=O) groups excluding carboxylic acids is 1. The van der Waals surface area contributed by atoms with E-state index in [0.29, 0.717) is 5.56 Å². The molecule has 2 N–H and O–H groups in total. The molecule has 0 spiro atoms. The van der Waals surface area contributed by atoms with Crippen molar-refractivity contribution in [2.75, 3.05) is 6.54 Å². The van der Waals surface area contributed by atoms with Crippen LogP contribution in [0.15, 0.2) is 24.3 Å². The molecule has 1 aromatic heterocycles. The highest BCUT2D eigenvalue weighted by molar-refractivity contribution is 7.07. The lowest BCUT2D eigenvalue weighted by Gasteiger charge is -2.08. The van der Waals surface area contributed by atoms with Gasteiger partial charge in [0.1, 0.15) is 0 Å². The van der Waals surface area contributed by atoms with Gasteiger partial charge in [-0.1, -0.05) is 12.1 Å². The van der Waals surface area contributed by atoms with Crippen molar-refractivity contribution >= 4 is 23.4 Å². The van der Waals surface area contributed by atoms with Crippen LogP contribution in [0.25, 0.3) is 11.4 Å². The van der Waals surface area contributed by atoms with Gasteiger partial charge in [0.2, 0.25) is 5.01 Å². The Balaban J connectivity index is 2.01. The number of hydrogen-bond donors (Lipinski definition) is 2. The number of hydrogen-bond acceptors (Lipinski definition) is 5. The van der Waals surface area contributed by atoms with Crippen LogP contribution in [-0.4, -0.2) is 39.1 Å². The van der Waals surface area contributed by atoms with Crippen molar-refractivity contribution in [2.45, 2.75) is 12.6 Å². The van der Waals surface area contributed by atoms with Gasteiger partial charge in [0, 0.05) is 17.7 Å². The number of carbonyl (C=O) groups is 2. The lowest BCUT2D eigenvalue weighted by Crippen LogP contribution is -2.27. The third-order valence-electron chi connectivity index (χ3n) is 2.71. The van der Waals surface area contributed by atoms with Gasteiger partial charge in [-0.2, -0.15) is 17.5 Å². The molecule has 0 aliphatic heterocycles. The molecule has 0 radical (unpaired) electrons. The van der Waals surface area contributed by atoms with Crippen LogP contribution in [0.5, 0.6) is 0 Å². The molecule has 2 aromatic rings. The Morgan fingerprint density at radius 1 is 1.22 bits per heavy atom.